The van der Waals surface area contributed by atoms with Crippen molar-refractivity contribution in [2.75, 3.05) is 0 Å². The predicted octanol–water partition coefficient (Wildman–Crippen LogP) is 1.84. The van der Waals surface area contributed by atoms with Crippen LogP contribution in [0.15, 0.2) is 4.74 Å². The van der Waals surface area contributed by atoms with Gasteiger partial charge in [-0.1, -0.05) is 0 Å². The molecule has 36 valence electrons. The van der Waals surface area contributed by atoms with Crippen LogP contribution in [0, 0.1) is 0 Å². The minimum absolute atomic E-state index is 0.130. The van der Waals surface area contributed by atoms with Gasteiger partial charge < -0.3 is 0 Å². The molecule has 0 saturated carbocycles. The van der Waals surface area contributed by atoms with Gasteiger partial charge in [0.1, 0.15) is 0 Å². The lowest BCUT2D eigenvalue weighted by Gasteiger charge is -2.02. The van der Waals surface area contributed by atoms with E-state index < -0.39 is 0 Å². The molecule has 1 nitrogen and oxygen atoms in total. The van der Waals surface area contributed by atoms with Crippen LogP contribution < -0.4 is 0 Å². The lowest BCUT2D eigenvalue weighted by molar-refractivity contribution is 0.594. The summed E-state index contributed by atoms with van der Waals surface area (Å²) < 4.78 is 3.94. The van der Waals surface area contributed by atoms with E-state index in [9.17, 15) is 0 Å². The maximum Gasteiger partial charge on any atom is 0.171 e. The Labute approximate surface area is 41.1 Å². The summed E-state index contributed by atoms with van der Waals surface area (Å²) in [7, 11) is 2.35. The summed E-state index contributed by atoms with van der Waals surface area (Å²) in [4.78, 5) is 0. The van der Waals surface area contributed by atoms with Gasteiger partial charge in [-0.15, -0.1) is 4.74 Å². The first-order valence-electron chi connectivity index (χ1n) is 1.98. The second-order valence-corrected chi connectivity index (χ2v) is 2.56. The molecular weight excluding hydrogens is 93.0 g/mol. The number of nitrogens with zero attached hydrogens (tertiary/aromatic N) is 1. The largest absolute Gasteiger partial charge is 0.171 e. The predicted molar refractivity (Wildman–Crippen MR) is 31.9 cm³/mol. The number of rotatable bonds is 0. The first kappa shape index (κ1) is 6.10. The van der Waals surface area contributed by atoms with Crippen LogP contribution in [0.4, 0.5) is 0 Å². The van der Waals surface area contributed by atoms with Gasteiger partial charge in [-0.3, -0.25) is 0 Å². The fraction of sp³-hybridized carbons (Fsp3) is 1.00. The molecule has 0 aliphatic carbocycles. The third kappa shape index (κ3) is 4.10. The first-order valence-corrected chi connectivity index (χ1v) is 2.50. The summed E-state index contributed by atoms with van der Waals surface area (Å²) in [5.41, 5.74) is 0.130. The Morgan fingerprint density at radius 3 is 1.50 bits per heavy atom. The maximum atomic E-state index is 3.94. The standard InChI is InChI=1S/C4H10NP/c1-4(2,3)5-6/h6H,1-3H3/p+1. The van der Waals surface area contributed by atoms with Crippen LogP contribution in [-0.2, 0) is 0 Å². The summed E-state index contributed by atoms with van der Waals surface area (Å²) in [6.07, 6.45) is 0. The normalized spacial score (nSPS) is 11.2. The monoisotopic (exact) mass is 104 g/mol. The van der Waals surface area contributed by atoms with Crippen molar-refractivity contribution >= 4 is 9.03 Å². The van der Waals surface area contributed by atoms with Crippen LogP contribution in [0.5, 0.6) is 0 Å². The number of hydrogen-bond donors (Lipinski definition) is 0. The van der Waals surface area contributed by atoms with Crippen molar-refractivity contribution in [3.63, 3.8) is 0 Å². The lowest BCUT2D eigenvalue weighted by atomic mass is 10.1. The molecule has 1 unspecified atom stereocenters. The molecule has 0 saturated heterocycles. The Kier molecular flexibility index (Phi) is 1.73. The van der Waals surface area contributed by atoms with Gasteiger partial charge in [0.15, 0.2) is 9.03 Å². The van der Waals surface area contributed by atoms with Gasteiger partial charge in [-0.2, -0.15) is 0 Å². The second kappa shape index (κ2) is 1.70. The molecule has 0 aromatic carbocycles. The minimum Gasteiger partial charge on any atom is -0.110 e. The molecular formula is C4H11NP+. The third-order valence-corrected chi connectivity index (χ3v) is 1.16. The van der Waals surface area contributed by atoms with Gasteiger partial charge in [-0.25, -0.2) is 0 Å². The Hall–Kier alpha value is 0.100. The molecule has 0 aromatic heterocycles. The Morgan fingerprint density at radius 2 is 1.50 bits per heavy atom. The van der Waals surface area contributed by atoms with Crippen molar-refractivity contribution in [3.8, 4) is 0 Å². The summed E-state index contributed by atoms with van der Waals surface area (Å²) in [6, 6.07) is 0. The van der Waals surface area contributed by atoms with Crippen molar-refractivity contribution in [2.24, 2.45) is 4.74 Å². The molecule has 0 bridgehead atoms. The van der Waals surface area contributed by atoms with Gasteiger partial charge >= 0.3 is 0 Å². The Balaban J connectivity index is 3.45. The van der Waals surface area contributed by atoms with Crippen LogP contribution in [0.2, 0.25) is 0 Å². The highest BCUT2D eigenvalue weighted by Gasteiger charge is 2.06. The highest BCUT2D eigenvalue weighted by Crippen LogP contribution is 2.06. The van der Waals surface area contributed by atoms with E-state index in [2.05, 4.69) is 34.5 Å². The van der Waals surface area contributed by atoms with E-state index in [0.717, 1.165) is 0 Å². The second-order valence-electron chi connectivity index (χ2n) is 2.30. The van der Waals surface area contributed by atoms with Gasteiger partial charge in [0.2, 0.25) is 0 Å². The van der Waals surface area contributed by atoms with Crippen LogP contribution in [0.1, 0.15) is 20.8 Å². The fourth-order valence-corrected chi connectivity index (χ4v) is 0. The van der Waals surface area contributed by atoms with Crippen LogP contribution in [0.3, 0.4) is 0 Å². The SMILES string of the molecule is CC(C)(C)N=[PH2+]. The van der Waals surface area contributed by atoms with Gasteiger partial charge in [-0.05, 0) is 20.8 Å². The highest BCUT2D eigenvalue weighted by molar-refractivity contribution is 7.04. The van der Waals surface area contributed by atoms with Crippen molar-refractivity contribution in [1.29, 1.82) is 0 Å². The lowest BCUT2D eigenvalue weighted by Crippen LogP contribution is -2.05. The van der Waals surface area contributed by atoms with Crippen LogP contribution >= 0.6 is 9.03 Å². The summed E-state index contributed by atoms with van der Waals surface area (Å²) in [5, 5.41) is 0. The van der Waals surface area contributed by atoms with E-state index in [0.29, 0.717) is 0 Å². The zero-order valence-corrected chi connectivity index (χ0v) is 5.68. The molecule has 0 spiro atoms. The van der Waals surface area contributed by atoms with E-state index in [1.165, 1.54) is 0 Å². The summed E-state index contributed by atoms with van der Waals surface area (Å²) in [5.74, 6) is 0. The van der Waals surface area contributed by atoms with Crippen molar-refractivity contribution < 1.29 is 0 Å². The van der Waals surface area contributed by atoms with Crippen LogP contribution in [-0.4, -0.2) is 5.54 Å². The molecule has 0 radical (unpaired) electrons. The third-order valence-electron chi connectivity index (χ3n) is 0.387. The molecule has 0 aliphatic rings. The summed E-state index contributed by atoms with van der Waals surface area (Å²) >= 11 is 0. The van der Waals surface area contributed by atoms with Gasteiger partial charge in [0.25, 0.3) is 0 Å². The molecule has 0 aromatic rings. The van der Waals surface area contributed by atoms with E-state index in [1.54, 1.807) is 0 Å². The van der Waals surface area contributed by atoms with Crippen molar-refractivity contribution in [1.82, 2.24) is 0 Å². The molecule has 1 atom stereocenters. The van der Waals surface area contributed by atoms with Gasteiger partial charge in [0, 0.05) is 0 Å². The van der Waals surface area contributed by atoms with E-state index in [1.807, 2.05) is 0 Å². The maximum absolute atomic E-state index is 3.94. The highest BCUT2D eigenvalue weighted by atomic mass is 31.0. The average Bonchev–Trinajstić information content (AvgIpc) is 1.35. The van der Waals surface area contributed by atoms with E-state index >= 15 is 0 Å². The molecule has 0 rings (SSSR count). The molecule has 6 heavy (non-hydrogen) atoms. The van der Waals surface area contributed by atoms with Gasteiger partial charge in [0.05, 0.1) is 5.54 Å². The molecule has 0 amide bonds. The Morgan fingerprint density at radius 1 is 1.33 bits per heavy atom. The molecule has 0 fully saturated rings. The molecule has 0 N–H and O–H groups in total. The molecule has 0 heterocycles. The smallest absolute Gasteiger partial charge is 0.110 e. The quantitative estimate of drug-likeness (QED) is 0.416. The molecule has 2 heteroatoms. The average molecular weight is 104 g/mol. The zero-order valence-electron chi connectivity index (χ0n) is 4.52. The van der Waals surface area contributed by atoms with Crippen molar-refractivity contribution in [3.05, 3.63) is 0 Å². The number of hydrogen-bond acceptors (Lipinski definition) is 1. The van der Waals surface area contributed by atoms with E-state index in [4.69, 9.17) is 0 Å². The first-order chi connectivity index (χ1) is 2.56. The summed E-state index contributed by atoms with van der Waals surface area (Å²) in [6.45, 7) is 6.17. The topological polar surface area (TPSA) is 12.4 Å². The Bertz CT molecular complexity index is 53.1. The van der Waals surface area contributed by atoms with E-state index in [-0.39, 0.29) is 5.54 Å². The van der Waals surface area contributed by atoms with Crippen molar-refractivity contribution in [2.45, 2.75) is 26.3 Å². The fourth-order valence-electron chi connectivity index (χ4n) is 0. The minimum atomic E-state index is 0.130. The van der Waals surface area contributed by atoms with Crippen LogP contribution in [0.25, 0.3) is 0 Å². The molecule has 0 aliphatic heterocycles. The zero-order chi connectivity index (χ0) is 5.21.